The minimum absolute atomic E-state index is 0.664. The molecule has 1 heterocycles. The summed E-state index contributed by atoms with van der Waals surface area (Å²) in [5.74, 6) is 0. The SMILES string of the molecule is C[C@@H]1OC(O)[C@H](O)[C@H](O)[C@@H]1O. The molecular weight excluding hydrogens is 152 g/mol. The lowest BCUT2D eigenvalue weighted by molar-refractivity contribution is -0.277. The standard InChI is InChI=1S/C6H12O5/c1-2-3(7)4(8)5(9)6(10)11-2/h2-10H,1H3/t2-,3+,4+,5+,6?/m0/s1. The van der Waals surface area contributed by atoms with Crippen LogP contribution in [0.5, 0.6) is 0 Å². The van der Waals surface area contributed by atoms with Crippen LogP contribution in [0.4, 0.5) is 0 Å². The third kappa shape index (κ3) is 1.52. The number of aliphatic hydroxyl groups excluding tert-OH is 4. The molecule has 1 rings (SSSR count). The summed E-state index contributed by atoms with van der Waals surface area (Å²) in [6, 6.07) is 0. The summed E-state index contributed by atoms with van der Waals surface area (Å²) in [5.41, 5.74) is 0. The summed E-state index contributed by atoms with van der Waals surface area (Å²) < 4.78 is 4.68. The molecule has 4 N–H and O–H groups in total. The van der Waals surface area contributed by atoms with Crippen LogP contribution in [0.3, 0.4) is 0 Å². The predicted molar refractivity (Wildman–Crippen MR) is 34.6 cm³/mol. The molecule has 1 saturated heterocycles. The van der Waals surface area contributed by atoms with Crippen LogP contribution in [0.2, 0.25) is 0 Å². The average Bonchev–Trinajstić information content (AvgIpc) is 1.97. The van der Waals surface area contributed by atoms with Crippen LogP contribution in [0.25, 0.3) is 0 Å². The zero-order valence-electron chi connectivity index (χ0n) is 6.08. The Balaban J connectivity index is 2.63. The second kappa shape index (κ2) is 3.04. The number of aliphatic hydroxyl groups is 4. The highest BCUT2D eigenvalue weighted by atomic mass is 16.6. The predicted octanol–water partition coefficient (Wildman–Crippen LogP) is -2.19. The van der Waals surface area contributed by atoms with Gasteiger partial charge in [-0.3, -0.25) is 0 Å². The molecule has 0 spiro atoms. The average molecular weight is 164 g/mol. The largest absolute Gasteiger partial charge is 0.388 e. The molecule has 1 fully saturated rings. The highest BCUT2D eigenvalue weighted by Crippen LogP contribution is 2.18. The van der Waals surface area contributed by atoms with Gasteiger partial charge in [-0.2, -0.15) is 0 Å². The monoisotopic (exact) mass is 164 g/mol. The van der Waals surface area contributed by atoms with E-state index in [2.05, 4.69) is 4.74 Å². The second-order valence-corrected chi connectivity index (χ2v) is 2.70. The van der Waals surface area contributed by atoms with E-state index in [0.29, 0.717) is 0 Å². The van der Waals surface area contributed by atoms with Crippen molar-refractivity contribution in [3.8, 4) is 0 Å². The number of hydrogen-bond donors (Lipinski definition) is 4. The van der Waals surface area contributed by atoms with E-state index in [0.717, 1.165) is 0 Å². The Morgan fingerprint density at radius 2 is 1.45 bits per heavy atom. The van der Waals surface area contributed by atoms with E-state index in [-0.39, 0.29) is 0 Å². The molecule has 1 aliphatic heterocycles. The first-order valence-electron chi connectivity index (χ1n) is 3.41. The minimum atomic E-state index is -1.43. The molecule has 5 atom stereocenters. The van der Waals surface area contributed by atoms with Gasteiger partial charge in [0.15, 0.2) is 6.29 Å². The molecule has 0 amide bonds. The van der Waals surface area contributed by atoms with Crippen molar-refractivity contribution in [2.45, 2.75) is 37.6 Å². The van der Waals surface area contributed by atoms with E-state index in [9.17, 15) is 0 Å². The zero-order valence-corrected chi connectivity index (χ0v) is 6.08. The van der Waals surface area contributed by atoms with E-state index < -0.39 is 30.7 Å². The molecule has 5 heteroatoms. The van der Waals surface area contributed by atoms with Crippen molar-refractivity contribution in [1.29, 1.82) is 0 Å². The molecule has 66 valence electrons. The van der Waals surface area contributed by atoms with Crippen molar-refractivity contribution in [3.05, 3.63) is 0 Å². The van der Waals surface area contributed by atoms with Crippen molar-refractivity contribution >= 4 is 0 Å². The van der Waals surface area contributed by atoms with Gasteiger partial charge in [0.25, 0.3) is 0 Å². The Morgan fingerprint density at radius 1 is 0.909 bits per heavy atom. The van der Waals surface area contributed by atoms with Crippen molar-refractivity contribution in [2.75, 3.05) is 0 Å². The first-order valence-corrected chi connectivity index (χ1v) is 3.41. The molecule has 0 bridgehead atoms. The van der Waals surface area contributed by atoms with Gasteiger partial charge in [0.1, 0.15) is 18.3 Å². The summed E-state index contributed by atoms with van der Waals surface area (Å²) in [5, 5.41) is 36.0. The second-order valence-electron chi connectivity index (χ2n) is 2.70. The fraction of sp³-hybridized carbons (Fsp3) is 1.00. The van der Waals surface area contributed by atoms with Crippen LogP contribution in [0, 0.1) is 0 Å². The van der Waals surface area contributed by atoms with Gasteiger partial charge < -0.3 is 25.2 Å². The fourth-order valence-corrected chi connectivity index (χ4v) is 1.03. The number of rotatable bonds is 0. The van der Waals surface area contributed by atoms with Gasteiger partial charge in [0.2, 0.25) is 0 Å². The molecular formula is C6H12O5. The normalized spacial score (nSPS) is 52.6. The van der Waals surface area contributed by atoms with E-state index in [4.69, 9.17) is 20.4 Å². The van der Waals surface area contributed by atoms with Crippen LogP contribution in [0.15, 0.2) is 0 Å². The van der Waals surface area contributed by atoms with Crippen LogP contribution in [-0.4, -0.2) is 51.1 Å². The topological polar surface area (TPSA) is 90.2 Å². The Labute approximate surface area is 63.8 Å². The Bertz CT molecular complexity index is 125. The lowest BCUT2D eigenvalue weighted by Crippen LogP contribution is -2.56. The van der Waals surface area contributed by atoms with Gasteiger partial charge in [-0.25, -0.2) is 0 Å². The third-order valence-electron chi connectivity index (χ3n) is 1.83. The maximum atomic E-state index is 9.09. The summed E-state index contributed by atoms with van der Waals surface area (Å²) >= 11 is 0. The van der Waals surface area contributed by atoms with Gasteiger partial charge in [-0.1, -0.05) is 0 Å². The van der Waals surface area contributed by atoms with Gasteiger partial charge in [0.05, 0.1) is 6.10 Å². The van der Waals surface area contributed by atoms with Crippen molar-refractivity contribution < 1.29 is 25.2 Å². The minimum Gasteiger partial charge on any atom is -0.388 e. The smallest absolute Gasteiger partial charge is 0.183 e. The highest BCUT2D eigenvalue weighted by Gasteiger charge is 2.40. The molecule has 11 heavy (non-hydrogen) atoms. The highest BCUT2D eigenvalue weighted by molar-refractivity contribution is 4.86. The van der Waals surface area contributed by atoms with Gasteiger partial charge >= 0.3 is 0 Å². The lowest BCUT2D eigenvalue weighted by atomic mass is 10.0. The molecule has 1 aliphatic rings. The van der Waals surface area contributed by atoms with Crippen molar-refractivity contribution in [3.63, 3.8) is 0 Å². The summed E-state index contributed by atoms with van der Waals surface area (Å²) in [4.78, 5) is 0. The Morgan fingerprint density at radius 3 is 2.00 bits per heavy atom. The first kappa shape index (κ1) is 8.89. The quantitative estimate of drug-likeness (QED) is 0.326. The molecule has 5 nitrogen and oxygen atoms in total. The van der Waals surface area contributed by atoms with Crippen molar-refractivity contribution in [2.24, 2.45) is 0 Å². The Kier molecular flexibility index (Phi) is 2.46. The fourth-order valence-electron chi connectivity index (χ4n) is 1.03. The molecule has 0 aromatic rings. The maximum absolute atomic E-state index is 9.09. The molecule has 1 unspecified atom stereocenters. The Hall–Kier alpha value is -0.200. The summed E-state index contributed by atoms with van der Waals surface area (Å²) in [7, 11) is 0. The van der Waals surface area contributed by atoms with Gasteiger partial charge in [-0.15, -0.1) is 0 Å². The van der Waals surface area contributed by atoms with E-state index >= 15 is 0 Å². The number of hydrogen-bond acceptors (Lipinski definition) is 5. The third-order valence-corrected chi connectivity index (χ3v) is 1.83. The molecule has 0 aliphatic carbocycles. The zero-order chi connectivity index (χ0) is 8.59. The van der Waals surface area contributed by atoms with Gasteiger partial charge in [-0.05, 0) is 6.92 Å². The number of ether oxygens (including phenoxy) is 1. The molecule has 0 radical (unpaired) electrons. The molecule has 0 aromatic carbocycles. The van der Waals surface area contributed by atoms with Crippen LogP contribution < -0.4 is 0 Å². The molecule has 0 aromatic heterocycles. The molecule has 0 saturated carbocycles. The van der Waals surface area contributed by atoms with Crippen molar-refractivity contribution in [1.82, 2.24) is 0 Å². The van der Waals surface area contributed by atoms with Crippen LogP contribution in [-0.2, 0) is 4.74 Å². The first-order chi connectivity index (χ1) is 5.04. The lowest BCUT2D eigenvalue weighted by Gasteiger charge is -2.36. The van der Waals surface area contributed by atoms with E-state index in [1.54, 1.807) is 0 Å². The van der Waals surface area contributed by atoms with E-state index in [1.165, 1.54) is 6.92 Å². The maximum Gasteiger partial charge on any atom is 0.183 e. The summed E-state index contributed by atoms with van der Waals surface area (Å²) in [6.45, 7) is 1.50. The summed E-state index contributed by atoms with van der Waals surface area (Å²) in [6.07, 6.45) is -5.99. The van der Waals surface area contributed by atoms with Gasteiger partial charge in [0, 0.05) is 0 Å². The van der Waals surface area contributed by atoms with Crippen LogP contribution in [0.1, 0.15) is 6.92 Å². The van der Waals surface area contributed by atoms with E-state index in [1.807, 2.05) is 0 Å². The van der Waals surface area contributed by atoms with Crippen LogP contribution >= 0.6 is 0 Å².